The number of carbonyl (C=O) groups excluding carboxylic acids is 2. The van der Waals surface area contributed by atoms with Crippen molar-refractivity contribution in [3.05, 3.63) is 93.2 Å². The molecule has 0 spiro atoms. The van der Waals surface area contributed by atoms with Crippen molar-refractivity contribution < 1.29 is 23.1 Å². The zero-order valence-corrected chi connectivity index (χ0v) is 20.4. The molecular formula is C27H28F2N2O3S. The van der Waals surface area contributed by atoms with Crippen LogP contribution in [0.3, 0.4) is 0 Å². The first-order valence-corrected chi connectivity index (χ1v) is 12.5. The number of ether oxygens (including phenoxy) is 1. The molecule has 184 valence electrons. The molecule has 0 saturated heterocycles. The van der Waals surface area contributed by atoms with Gasteiger partial charge in [-0.05, 0) is 65.2 Å². The molecule has 5 nitrogen and oxygen atoms in total. The Morgan fingerprint density at radius 1 is 1.06 bits per heavy atom. The molecule has 0 saturated carbocycles. The molecule has 1 aromatic heterocycles. The number of halogens is 2. The summed E-state index contributed by atoms with van der Waals surface area (Å²) in [5, 5.41) is 2.01. The normalized spacial score (nSPS) is 15.1. The van der Waals surface area contributed by atoms with Crippen LogP contribution in [0.2, 0.25) is 0 Å². The Morgan fingerprint density at radius 3 is 2.43 bits per heavy atom. The predicted octanol–water partition coefficient (Wildman–Crippen LogP) is 4.61. The van der Waals surface area contributed by atoms with E-state index in [4.69, 9.17) is 4.74 Å². The lowest BCUT2D eigenvalue weighted by atomic mass is 9.93. The average molecular weight is 499 g/mol. The molecule has 2 aromatic carbocycles. The smallest absolute Gasteiger partial charge is 0.242 e. The second kappa shape index (κ2) is 11.6. The summed E-state index contributed by atoms with van der Waals surface area (Å²) in [5.74, 6) is -1.06. The summed E-state index contributed by atoms with van der Waals surface area (Å²) < 4.78 is 32.0. The molecule has 0 bridgehead atoms. The minimum Gasteiger partial charge on any atom is -0.385 e. The summed E-state index contributed by atoms with van der Waals surface area (Å²) >= 11 is 1.66. The molecule has 4 rings (SSSR count). The lowest BCUT2D eigenvalue weighted by Gasteiger charge is -2.37. The lowest BCUT2D eigenvalue weighted by molar-refractivity contribution is -0.141. The minimum absolute atomic E-state index is 0.0685. The van der Waals surface area contributed by atoms with Crippen molar-refractivity contribution in [1.82, 2.24) is 9.80 Å². The van der Waals surface area contributed by atoms with Crippen molar-refractivity contribution >= 4 is 23.2 Å². The third kappa shape index (κ3) is 6.13. The van der Waals surface area contributed by atoms with Crippen LogP contribution in [-0.4, -0.2) is 55.0 Å². The summed E-state index contributed by atoms with van der Waals surface area (Å²) in [6.07, 6.45) is 1.41. The summed E-state index contributed by atoms with van der Waals surface area (Å²) in [6.45, 7) is 1.29. The van der Waals surface area contributed by atoms with Crippen molar-refractivity contribution in [3.63, 3.8) is 0 Å². The highest BCUT2D eigenvalue weighted by Gasteiger charge is 2.34. The van der Waals surface area contributed by atoms with Gasteiger partial charge in [-0.3, -0.25) is 9.59 Å². The van der Waals surface area contributed by atoms with Gasteiger partial charge in [0, 0.05) is 31.7 Å². The standard InChI is InChI=1S/C27H28F2N2O3S/c1-34-15-2-13-30(25(32)17-19-3-7-21(28)8-4-19)18-26(33)31-14-11-24-23(12-16-35-24)27(31)20-5-9-22(29)10-6-20/h3-10,12,16,27H,2,11,13-15,17-18H2,1H3. The molecule has 0 aliphatic carbocycles. The van der Waals surface area contributed by atoms with E-state index in [1.54, 1.807) is 52.5 Å². The number of amides is 2. The molecule has 0 fully saturated rings. The molecule has 1 atom stereocenters. The van der Waals surface area contributed by atoms with Crippen LogP contribution < -0.4 is 0 Å². The number of rotatable bonds is 9. The molecule has 1 aliphatic rings. The molecule has 2 amide bonds. The molecule has 3 aromatic rings. The van der Waals surface area contributed by atoms with E-state index in [1.807, 2.05) is 11.4 Å². The van der Waals surface area contributed by atoms with E-state index in [1.165, 1.54) is 29.1 Å². The van der Waals surface area contributed by atoms with Gasteiger partial charge in [0.2, 0.25) is 11.8 Å². The van der Waals surface area contributed by atoms with Crippen LogP contribution in [0.25, 0.3) is 0 Å². The summed E-state index contributed by atoms with van der Waals surface area (Å²) in [5.41, 5.74) is 2.57. The van der Waals surface area contributed by atoms with Gasteiger partial charge in [0.1, 0.15) is 11.6 Å². The van der Waals surface area contributed by atoms with Crippen molar-refractivity contribution in [1.29, 1.82) is 0 Å². The Kier molecular flexibility index (Phi) is 8.25. The lowest BCUT2D eigenvalue weighted by Crippen LogP contribution is -2.47. The largest absolute Gasteiger partial charge is 0.385 e. The van der Waals surface area contributed by atoms with Crippen LogP contribution in [0.15, 0.2) is 60.0 Å². The number of nitrogens with zero attached hydrogens (tertiary/aromatic N) is 2. The van der Waals surface area contributed by atoms with Crippen molar-refractivity contribution in [2.45, 2.75) is 25.3 Å². The number of fused-ring (bicyclic) bond motifs is 1. The number of benzene rings is 2. The molecule has 0 N–H and O–H groups in total. The van der Waals surface area contributed by atoms with Gasteiger partial charge in [-0.2, -0.15) is 0 Å². The maximum Gasteiger partial charge on any atom is 0.242 e. The van der Waals surface area contributed by atoms with Crippen LogP contribution in [0.1, 0.15) is 34.0 Å². The third-order valence-corrected chi connectivity index (χ3v) is 7.19. The van der Waals surface area contributed by atoms with Crippen molar-refractivity contribution in [2.24, 2.45) is 0 Å². The minimum atomic E-state index is -0.363. The van der Waals surface area contributed by atoms with Gasteiger partial charge in [0.25, 0.3) is 0 Å². The van der Waals surface area contributed by atoms with Gasteiger partial charge in [0.05, 0.1) is 19.0 Å². The third-order valence-electron chi connectivity index (χ3n) is 6.20. The Bertz CT molecular complexity index is 1150. The SMILES string of the molecule is COCCCN(CC(=O)N1CCc2sccc2C1c1ccc(F)cc1)C(=O)Cc1ccc(F)cc1. The fourth-order valence-electron chi connectivity index (χ4n) is 4.42. The Morgan fingerprint density at radius 2 is 1.74 bits per heavy atom. The van der Waals surface area contributed by atoms with E-state index in [0.717, 1.165) is 17.5 Å². The highest BCUT2D eigenvalue weighted by Crippen LogP contribution is 2.38. The first-order valence-electron chi connectivity index (χ1n) is 11.6. The van der Waals surface area contributed by atoms with Gasteiger partial charge in [-0.1, -0.05) is 24.3 Å². The number of carbonyl (C=O) groups is 2. The second-order valence-corrected chi connectivity index (χ2v) is 9.56. The first-order chi connectivity index (χ1) is 17.0. The van der Waals surface area contributed by atoms with E-state index >= 15 is 0 Å². The fourth-order valence-corrected chi connectivity index (χ4v) is 5.33. The summed E-state index contributed by atoms with van der Waals surface area (Å²) in [4.78, 5) is 31.3. The predicted molar refractivity (Wildman–Crippen MR) is 131 cm³/mol. The first kappa shape index (κ1) is 25.0. The number of methoxy groups -OCH3 is 1. The second-order valence-electron chi connectivity index (χ2n) is 8.56. The van der Waals surface area contributed by atoms with Crippen LogP contribution >= 0.6 is 11.3 Å². The van der Waals surface area contributed by atoms with Gasteiger partial charge in [-0.15, -0.1) is 11.3 Å². The maximum absolute atomic E-state index is 13.6. The van der Waals surface area contributed by atoms with E-state index in [0.29, 0.717) is 31.7 Å². The van der Waals surface area contributed by atoms with Crippen molar-refractivity contribution in [3.8, 4) is 0 Å². The van der Waals surface area contributed by atoms with Crippen LogP contribution in [-0.2, 0) is 27.2 Å². The molecule has 0 radical (unpaired) electrons. The highest BCUT2D eigenvalue weighted by molar-refractivity contribution is 7.10. The van der Waals surface area contributed by atoms with Gasteiger partial charge in [0.15, 0.2) is 0 Å². The fraction of sp³-hybridized carbons (Fsp3) is 0.333. The van der Waals surface area contributed by atoms with E-state index in [2.05, 4.69) is 0 Å². The Hall–Kier alpha value is -3.10. The van der Waals surface area contributed by atoms with E-state index < -0.39 is 0 Å². The van der Waals surface area contributed by atoms with E-state index in [9.17, 15) is 18.4 Å². The Balaban J connectivity index is 1.54. The zero-order chi connectivity index (χ0) is 24.8. The van der Waals surface area contributed by atoms with Crippen molar-refractivity contribution in [2.75, 3.05) is 33.4 Å². The average Bonchev–Trinajstić information content (AvgIpc) is 3.34. The number of hydrogen-bond acceptors (Lipinski definition) is 4. The van der Waals surface area contributed by atoms with E-state index in [-0.39, 0.29) is 42.5 Å². The maximum atomic E-state index is 13.6. The zero-order valence-electron chi connectivity index (χ0n) is 19.6. The molecule has 8 heteroatoms. The Labute approximate surface area is 207 Å². The summed E-state index contributed by atoms with van der Waals surface area (Å²) in [7, 11) is 1.59. The molecular weight excluding hydrogens is 470 g/mol. The van der Waals surface area contributed by atoms with Crippen LogP contribution in [0.4, 0.5) is 8.78 Å². The van der Waals surface area contributed by atoms with Gasteiger partial charge >= 0.3 is 0 Å². The number of thiophene rings is 1. The summed E-state index contributed by atoms with van der Waals surface area (Å²) in [6, 6.07) is 13.7. The topological polar surface area (TPSA) is 49.9 Å². The van der Waals surface area contributed by atoms with Crippen LogP contribution in [0.5, 0.6) is 0 Å². The number of hydrogen-bond donors (Lipinski definition) is 0. The molecule has 35 heavy (non-hydrogen) atoms. The van der Waals surface area contributed by atoms with Gasteiger partial charge in [-0.25, -0.2) is 8.78 Å². The monoisotopic (exact) mass is 498 g/mol. The highest BCUT2D eigenvalue weighted by atomic mass is 32.1. The quantitative estimate of drug-likeness (QED) is 0.405. The molecule has 1 unspecified atom stereocenters. The molecule has 1 aliphatic heterocycles. The molecule has 2 heterocycles. The van der Waals surface area contributed by atoms with Crippen LogP contribution in [0, 0.1) is 11.6 Å². The van der Waals surface area contributed by atoms with Gasteiger partial charge < -0.3 is 14.5 Å².